The van der Waals surface area contributed by atoms with Crippen LogP contribution in [0.15, 0.2) is 79.4 Å². The summed E-state index contributed by atoms with van der Waals surface area (Å²) in [5.41, 5.74) is 7.97. The van der Waals surface area contributed by atoms with Crippen molar-refractivity contribution in [3.63, 3.8) is 0 Å². The number of aromatic nitrogens is 4. The van der Waals surface area contributed by atoms with Crippen molar-refractivity contribution in [1.82, 2.24) is 25.3 Å². The first-order chi connectivity index (χ1) is 19.2. The summed E-state index contributed by atoms with van der Waals surface area (Å²) in [6.45, 7) is 8.11. The second-order valence-corrected chi connectivity index (χ2v) is 9.96. The van der Waals surface area contributed by atoms with Crippen molar-refractivity contribution < 1.29 is 4.74 Å². The van der Waals surface area contributed by atoms with Gasteiger partial charge in [-0.1, -0.05) is 38.1 Å². The zero-order valence-corrected chi connectivity index (χ0v) is 23.1. The predicted octanol–water partition coefficient (Wildman–Crippen LogP) is 7.58. The van der Waals surface area contributed by atoms with Crippen LogP contribution in [0.25, 0.3) is 44.7 Å². The molecule has 4 heterocycles. The number of nitrogens with one attached hydrogen (secondary N) is 2. The van der Waals surface area contributed by atoms with Gasteiger partial charge in [-0.25, -0.2) is 4.98 Å². The van der Waals surface area contributed by atoms with Crippen molar-refractivity contribution in [2.24, 2.45) is 0 Å². The van der Waals surface area contributed by atoms with Gasteiger partial charge in [0.15, 0.2) is 0 Å². The highest BCUT2D eigenvalue weighted by molar-refractivity contribution is 5.88. The summed E-state index contributed by atoms with van der Waals surface area (Å²) in [6.07, 6.45) is 18.3. The number of pyridine rings is 2. The molecule has 1 fully saturated rings. The van der Waals surface area contributed by atoms with Crippen LogP contribution in [-0.4, -0.2) is 39.1 Å². The molecule has 1 aliphatic rings. The van der Waals surface area contributed by atoms with Crippen LogP contribution in [-0.2, 0) is 4.74 Å². The van der Waals surface area contributed by atoms with E-state index in [1.54, 1.807) is 6.33 Å². The molecule has 0 spiro atoms. The van der Waals surface area contributed by atoms with E-state index in [4.69, 9.17) is 14.7 Å². The van der Waals surface area contributed by atoms with Crippen molar-refractivity contribution in [1.29, 1.82) is 0 Å². The Morgan fingerprint density at radius 1 is 1.03 bits per heavy atom. The highest BCUT2D eigenvalue weighted by atomic mass is 16.5. The number of imidazole rings is 1. The first-order valence-corrected chi connectivity index (χ1v) is 14.0. The smallest absolute Gasteiger partial charge is 0.124 e. The summed E-state index contributed by atoms with van der Waals surface area (Å²) in [6, 6.07) is 13.0. The number of allylic oxidation sites excluding steroid dienone is 5. The summed E-state index contributed by atoms with van der Waals surface area (Å²) in [7, 11) is 0. The van der Waals surface area contributed by atoms with Gasteiger partial charge in [0.1, 0.15) is 12.4 Å². The monoisotopic (exact) mass is 519 g/mol. The number of H-pyrrole nitrogens is 1. The summed E-state index contributed by atoms with van der Waals surface area (Å²) in [5.74, 6) is 0.899. The van der Waals surface area contributed by atoms with E-state index in [0.29, 0.717) is 12.6 Å². The Hall–Kier alpha value is -4.03. The third kappa shape index (κ3) is 6.35. The lowest BCUT2D eigenvalue weighted by molar-refractivity contribution is 0.241. The highest BCUT2D eigenvalue weighted by Crippen LogP contribution is 2.30. The summed E-state index contributed by atoms with van der Waals surface area (Å²) < 4.78 is 6.19. The van der Waals surface area contributed by atoms with E-state index in [1.807, 2.05) is 18.5 Å². The van der Waals surface area contributed by atoms with Gasteiger partial charge in [-0.15, -0.1) is 0 Å². The maximum absolute atomic E-state index is 6.19. The van der Waals surface area contributed by atoms with Gasteiger partial charge in [-0.3, -0.25) is 9.97 Å². The lowest BCUT2D eigenvalue weighted by Crippen LogP contribution is -2.26. The van der Waals surface area contributed by atoms with Gasteiger partial charge in [0.25, 0.3) is 0 Å². The lowest BCUT2D eigenvalue weighted by atomic mass is 10.0. The molecule has 0 radical (unpaired) electrons. The van der Waals surface area contributed by atoms with Crippen LogP contribution >= 0.6 is 0 Å². The second kappa shape index (κ2) is 12.7. The van der Waals surface area contributed by atoms with E-state index in [2.05, 4.69) is 90.7 Å². The number of fused-ring (bicyclic) bond motifs is 1. The summed E-state index contributed by atoms with van der Waals surface area (Å²) >= 11 is 0. The maximum Gasteiger partial charge on any atom is 0.124 e. The lowest BCUT2D eigenvalue weighted by Gasteiger charge is -2.15. The Bertz CT molecular complexity index is 1490. The highest BCUT2D eigenvalue weighted by Gasteiger charge is 2.16. The zero-order valence-electron chi connectivity index (χ0n) is 23.1. The van der Waals surface area contributed by atoms with E-state index >= 15 is 0 Å². The molecule has 2 N–H and O–H groups in total. The van der Waals surface area contributed by atoms with Crippen molar-refractivity contribution in [2.45, 2.75) is 52.5 Å². The van der Waals surface area contributed by atoms with Gasteiger partial charge < -0.3 is 15.0 Å². The molecule has 5 rings (SSSR count). The molecule has 1 aromatic carbocycles. The predicted molar refractivity (Wildman–Crippen MR) is 161 cm³/mol. The molecule has 39 heavy (non-hydrogen) atoms. The minimum absolute atomic E-state index is 0.432. The van der Waals surface area contributed by atoms with E-state index in [1.165, 1.54) is 12.8 Å². The molecule has 3 aromatic heterocycles. The number of aromatic amines is 1. The number of ether oxygens (including phenoxy) is 1. The van der Waals surface area contributed by atoms with Crippen molar-refractivity contribution in [3.05, 3.63) is 90.7 Å². The minimum Gasteiger partial charge on any atom is -0.492 e. The van der Waals surface area contributed by atoms with E-state index < -0.39 is 0 Å². The van der Waals surface area contributed by atoms with Crippen LogP contribution in [0.2, 0.25) is 0 Å². The van der Waals surface area contributed by atoms with E-state index in [9.17, 15) is 0 Å². The zero-order chi connectivity index (χ0) is 27.0. The van der Waals surface area contributed by atoms with Gasteiger partial charge in [0.05, 0.1) is 28.9 Å². The van der Waals surface area contributed by atoms with Crippen LogP contribution in [0.4, 0.5) is 0 Å². The van der Waals surface area contributed by atoms with E-state index in [-0.39, 0.29) is 0 Å². The molecule has 4 aromatic rings. The maximum atomic E-state index is 6.19. The SMILES string of the molecule is CC/C=C\C=C(/C)c1nc[nH]c1-c1ccc2ncc(-c3ccc(/C(=C/CC)OC[C@H]4CCCN4)cn3)cc2c1. The summed E-state index contributed by atoms with van der Waals surface area (Å²) in [5, 5.41) is 4.55. The fourth-order valence-electron chi connectivity index (χ4n) is 4.91. The number of rotatable bonds is 10. The molecule has 6 nitrogen and oxygen atoms in total. The molecule has 0 unspecified atom stereocenters. The van der Waals surface area contributed by atoms with Gasteiger partial charge in [-0.2, -0.15) is 0 Å². The fraction of sp³-hybridized carbons (Fsp3) is 0.303. The molecule has 0 bridgehead atoms. The van der Waals surface area contributed by atoms with Gasteiger partial charge in [0.2, 0.25) is 0 Å². The average molecular weight is 520 g/mol. The third-order valence-electron chi connectivity index (χ3n) is 7.04. The molecule has 1 atom stereocenters. The van der Waals surface area contributed by atoms with Crippen molar-refractivity contribution in [2.75, 3.05) is 13.2 Å². The molecular formula is C33H37N5O. The molecule has 1 aliphatic heterocycles. The molecular weight excluding hydrogens is 482 g/mol. The largest absolute Gasteiger partial charge is 0.492 e. The van der Waals surface area contributed by atoms with Crippen LogP contribution in [0.1, 0.15) is 57.7 Å². The van der Waals surface area contributed by atoms with Crippen LogP contribution in [0.3, 0.4) is 0 Å². The normalized spacial score (nSPS) is 16.4. The quantitative estimate of drug-likeness (QED) is 0.167. The number of hydrogen-bond acceptors (Lipinski definition) is 5. The first kappa shape index (κ1) is 26.6. The van der Waals surface area contributed by atoms with Crippen molar-refractivity contribution >= 4 is 22.2 Å². The Balaban J connectivity index is 1.38. The second-order valence-electron chi connectivity index (χ2n) is 9.96. The van der Waals surface area contributed by atoms with Crippen LogP contribution in [0.5, 0.6) is 0 Å². The van der Waals surface area contributed by atoms with E-state index in [0.717, 1.165) is 75.4 Å². The molecule has 0 aliphatic carbocycles. The molecule has 1 saturated heterocycles. The van der Waals surface area contributed by atoms with Gasteiger partial charge in [-0.05, 0) is 81.1 Å². The van der Waals surface area contributed by atoms with Crippen LogP contribution < -0.4 is 5.32 Å². The fourth-order valence-corrected chi connectivity index (χ4v) is 4.91. The van der Waals surface area contributed by atoms with Crippen molar-refractivity contribution in [3.8, 4) is 22.5 Å². The molecule has 0 amide bonds. The minimum atomic E-state index is 0.432. The number of hydrogen-bond donors (Lipinski definition) is 2. The Morgan fingerprint density at radius 3 is 2.69 bits per heavy atom. The number of benzene rings is 1. The Morgan fingerprint density at radius 2 is 1.92 bits per heavy atom. The van der Waals surface area contributed by atoms with Crippen LogP contribution in [0, 0.1) is 0 Å². The molecule has 0 saturated carbocycles. The topological polar surface area (TPSA) is 75.7 Å². The molecule has 200 valence electrons. The Kier molecular flexibility index (Phi) is 8.64. The Labute approximate surface area is 231 Å². The molecule has 6 heteroatoms. The average Bonchev–Trinajstić information content (AvgIpc) is 3.68. The van der Waals surface area contributed by atoms with Gasteiger partial charge >= 0.3 is 0 Å². The number of nitrogens with zero attached hydrogens (tertiary/aromatic N) is 3. The third-order valence-corrected chi connectivity index (χ3v) is 7.04. The standard InChI is InChI=1S/C33H37N5O/c1-4-6-7-10-23(3)32-33(38-22-37-32)24-12-14-29-26(17-24)18-27(20-36-29)30-15-13-25(19-35-30)31(9-5-2)39-21-28-11-8-16-34-28/h6-7,9-10,12-15,17-20,22,28,34H,4-5,8,11,16,21H2,1-3H3,(H,37,38)/b7-6-,23-10+,31-9-/t28-/m1/s1. The summed E-state index contributed by atoms with van der Waals surface area (Å²) in [4.78, 5) is 17.4. The first-order valence-electron chi connectivity index (χ1n) is 14.0. The van der Waals surface area contributed by atoms with Gasteiger partial charge in [0, 0.05) is 40.5 Å².